The Bertz CT molecular complexity index is 418. The van der Waals surface area contributed by atoms with Crippen LogP contribution in [0.4, 0.5) is 4.79 Å². The third-order valence-corrected chi connectivity index (χ3v) is 4.85. The first kappa shape index (κ1) is 16.2. The van der Waals surface area contributed by atoms with E-state index in [0.29, 0.717) is 13.2 Å². The Hall–Kier alpha value is -0.813. The second-order valence-corrected chi connectivity index (χ2v) is 12.3. The molecule has 19 heavy (non-hydrogen) atoms. The summed E-state index contributed by atoms with van der Waals surface area (Å²) < 4.78 is 6.21. The molecular weight excluding hydrogens is 322 g/mol. The van der Waals surface area contributed by atoms with Crippen molar-refractivity contribution in [2.75, 3.05) is 13.2 Å². The predicted molar refractivity (Wildman–Crippen MR) is 85.3 cm³/mol. The fraction of sp³-hybridized carbons (Fsp3) is 0.500. The highest BCUT2D eigenvalue weighted by atomic mass is 79.9. The van der Waals surface area contributed by atoms with Crippen molar-refractivity contribution in [2.24, 2.45) is 0 Å². The highest BCUT2D eigenvalue weighted by Crippen LogP contribution is 2.11. The highest BCUT2D eigenvalue weighted by Gasteiger charge is 2.13. The van der Waals surface area contributed by atoms with E-state index in [1.54, 1.807) is 0 Å². The fourth-order valence-electron chi connectivity index (χ4n) is 1.50. The van der Waals surface area contributed by atoms with Crippen LogP contribution in [-0.4, -0.2) is 27.3 Å². The van der Waals surface area contributed by atoms with Gasteiger partial charge in [-0.2, -0.15) is 0 Å². The number of hydrogen-bond donors (Lipinski definition) is 1. The largest absolute Gasteiger partial charge is 0.450 e. The van der Waals surface area contributed by atoms with E-state index in [4.69, 9.17) is 4.74 Å². The van der Waals surface area contributed by atoms with E-state index in [2.05, 4.69) is 47.0 Å². The molecule has 0 aromatic heterocycles. The Morgan fingerprint density at radius 1 is 1.37 bits per heavy atom. The Morgan fingerprint density at radius 3 is 2.74 bits per heavy atom. The van der Waals surface area contributed by atoms with Gasteiger partial charge in [-0.25, -0.2) is 4.79 Å². The van der Waals surface area contributed by atoms with Gasteiger partial charge >= 0.3 is 6.09 Å². The maximum atomic E-state index is 11.5. The standard InChI is InChI=1S/C14H22BrNO2Si/c1-19(2,3)10-9-18-14(17)16-8-7-12-5-4-6-13(15)11-12/h4-6,11H,7-10H2,1-3H3,(H,16,17). The van der Waals surface area contributed by atoms with Gasteiger partial charge in [-0.15, -0.1) is 0 Å². The number of rotatable bonds is 6. The molecule has 0 heterocycles. The van der Waals surface area contributed by atoms with Gasteiger partial charge in [0.05, 0.1) is 6.61 Å². The minimum Gasteiger partial charge on any atom is -0.450 e. The van der Waals surface area contributed by atoms with Crippen molar-refractivity contribution < 1.29 is 9.53 Å². The quantitative estimate of drug-likeness (QED) is 0.791. The third kappa shape index (κ3) is 8.05. The lowest BCUT2D eigenvalue weighted by atomic mass is 10.1. The number of nitrogens with one attached hydrogen (secondary N) is 1. The Morgan fingerprint density at radius 2 is 2.11 bits per heavy atom. The van der Waals surface area contributed by atoms with Crippen LogP contribution in [0, 0.1) is 0 Å². The van der Waals surface area contributed by atoms with Crippen LogP contribution < -0.4 is 5.32 Å². The number of amides is 1. The summed E-state index contributed by atoms with van der Waals surface area (Å²) in [6, 6.07) is 9.08. The molecule has 1 rings (SSSR count). The van der Waals surface area contributed by atoms with Gasteiger partial charge in [0.2, 0.25) is 0 Å². The summed E-state index contributed by atoms with van der Waals surface area (Å²) in [5, 5.41) is 2.78. The molecule has 0 radical (unpaired) electrons. The maximum Gasteiger partial charge on any atom is 0.407 e. The van der Waals surface area contributed by atoms with Gasteiger partial charge in [-0.1, -0.05) is 47.7 Å². The second-order valence-electron chi connectivity index (χ2n) is 5.75. The van der Waals surface area contributed by atoms with Crippen LogP contribution in [0.25, 0.3) is 0 Å². The summed E-state index contributed by atoms with van der Waals surface area (Å²) in [6.07, 6.45) is 0.496. The van der Waals surface area contributed by atoms with Gasteiger partial charge < -0.3 is 10.1 Å². The monoisotopic (exact) mass is 343 g/mol. The van der Waals surface area contributed by atoms with Gasteiger partial charge in [0.15, 0.2) is 0 Å². The SMILES string of the molecule is C[Si](C)(C)CCOC(=O)NCCc1cccc(Br)c1. The van der Waals surface area contributed by atoms with Crippen LogP contribution in [0.2, 0.25) is 25.7 Å². The molecule has 1 amide bonds. The van der Waals surface area contributed by atoms with Gasteiger partial charge in [0.25, 0.3) is 0 Å². The molecular formula is C14H22BrNO2Si. The topological polar surface area (TPSA) is 38.3 Å². The first-order valence-corrected chi connectivity index (χ1v) is 11.0. The molecule has 1 N–H and O–H groups in total. The van der Waals surface area contributed by atoms with Crippen molar-refractivity contribution in [3.63, 3.8) is 0 Å². The van der Waals surface area contributed by atoms with Crippen LogP contribution in [0.3, 0.4) is 0 Å². The van der Waals surface area contributed by atoms with Crippen LogP contribution >= 0.6 is 15.9 Å². The average Bonchev–Trinajstić information content (AvgIpc) is 2.27. The Balaban J connectivity index is 2.17. The van der Waals surface area contributed by atoms with Crippen molar-refractivity contribution in [3.8, 4) is 0 Å². The lowest BCUT2D eigenvalue weighted by Gasteiger charge is -2.15. The molecule has 0 unspecified atom stereocenters. The summed E-state index contributed by atoms with van der Waals surface area (Å²) in [7, 11) is -1.12. The molecule has 1 aromatic carbocycles. The molecule has 1 aromatic rings. The van der Waals surface area contributed by atoms with Gasteiger partial charge in [0, 0.05) is 19.1 Å². The zero-order valence-electron chi connectivity index (χ0n) is 11.8. The molecule has 0 saturated heterocycles. The van der Waals surface area contributed by atoms with Crippen molar-refractivity contribution >= 4 is 30.1 Å². The lowest BCUT2D eigenvalue weighted by Crippen LogP contribution is -2.29. The van der Waals surface area contributed by atoms with E-state index < -0.39 is 8.07 Å². The molecule has 0 atom stereocenters. The zero-order valence-corrected chi connectivity index (χ0v) is 14.4. The van der Waals surface area contributed by atoms with Crippen LogP contribution in [0.1, 0.15) is 5.56 Å². The van der Waals surface area contributed by atoms with Crippen molar-refractivity contribution in [1.82, 2.24) is 5.32 Å². The Labute approximate surface area is 124 Å². The van der Waals surface area contributed by atoms with Gasteiger partial charge in [0.1, 0.15) is 0 Å². The molecule has 106 valence electrons. The van der Waals surface area contributed by atoms with Crippen molar-refractivity contribution in [2.45, 2.75) is 32.1 Å². The minimum absolute atomic E-state index is 0.312. The Kier molecular flexibility index (Phi) is 6.58. The molecule has 0 fully saturated rings. The third-order valence-electron chi connectivity index (χ3n) is 2.66. The lowest BCUT2D eigenvalue weighted by molar-refractivity contribution is 0.152. The first-order valence-electron chi connectivity index (χ1n) is 6.52. The van der Waals surface area contributed by atoms with Gasteiger partial charge in [-0.3, -0.25) is 0 Å². The van der Waals surface area contributed by atoms with E-state index in [0.717, 1.165) is 16.9 Å². The number of carbonyl (C=O) groups excluding carboxylic acids is 1. The normalized spacial score (nSPS) is 11.2. The average molecular weight is 344 g/mol. The smallest absolute Gasteiger partial charge is 0.407 e. The second kappa shape index (κ2) is 7.70. The molecule has 0 spiro atoms. The number of ether oxygens (including phenoxy) is 1. The summed E-state index contributed by atoms with van der Waals surface area (Å²) in [6.45, 7) is 7.92. The van der Waals surface area contributed by atoms with E-state index in [9.17, 15) is 4.79 Å². The van der Waals surface area contributed by atoms with E-state index in [1.807, 2.05) is 18.2 Å². The van der Waals surface area contributed by atoms with Crippen LogP contribution in [-0.2, 0) is 11.2 Å². The molecule has 5 heteroatoms. The predicted octanol–water partition coefficient (Wildman–Crippen LogP) is 4.06. The fourth-order valence-corrected chi connectivity index (χ4v) is 2.66. The molecule has 0 saturated carbocycles. The number of alkyl carbamates (subject to hydrolysis) is 1. The number of halogens is 1. The highest BCUT2D eigenvalue weighted by molar-refractivity contribution is 9.10. The summed E-state index contributed by atoms with van der Waals surface area (Å²) in [5.74, 6) is 0. The molecule has 0 bridgehead atoms. The van der Waals surface area contributed by atoms with Crippen molar-refractivity contribution in [3.05, 3.63) is 34.3 Å². The van der Waals surface area contributed by atoms with Crippen molar-refractivity contribution in [1.29, 1.82) is 0 Å². The zero-order chi connectivity index (χ0) is 14.3. The summed E-state index contributed by atoms with van der Waals surface area (Å²) in [5.41, 5.74) is 1.19. The number of carbonyl (C=O) groups is 1. The van der Waals surface area contributed by atoms with E-state index in [-0.39, 0.29) is 6.09 Å². The van der Waals surface area contributed by atoms with Crippen LogP contribution in [0.15, 0.2) is 28.7 Å². The maximum absolute atomic E-state index is 11.5. The number of hydrogen-bond acceptors (Lipinski definition) is 2. The first-order chi connectivity index (χ1) is 8.87. The van der Waals surface area contributed by atoms with Crippen LogP contribution in [0.5, 0.6) is 0 Å². The minimum atomic E-state index is -1.12. The molecule has 3 nitrogen and oxygen atoms in total. The van der Waals surface area contributed by atoms with E-state index >= 15 is 0 Å². The van der Waals surface area contributed by atoms with E-state index in [1.165, 1.54) is 5.56 Å². The summed E-state index contributed by atoms with van der Waals surface area (Å²) >= 11 is 3.43. The molecule has 0 aliphatic carbocycles. The van der Waals surface area contributed by atoms with Gasteiger partial charge in [-0.05, 0) is 30.2 Å². The summed E-state index contributed by atoms with van der Waals surface area (Å²) in [4.78, 5) is 11.5. The number of benzene rings is 1. The molecule has 0 aliphatic rings. The molecule has 0 aliphatic heterocycles.